The van der Waals surface area contributed by atoms with Crippen molar-refractivity contribution in [3.05, 3.63) is 95.2 Å². The van der Waals surface area contributed by atoms with Gasteiger partial charge in [0.1, 0.15) is 25.3 Å². The number of ether oxygens (including phenoxy) is 9. The SMILES string of the molecule is CCOC(OCC)OCC.Cc1c(-c2ccc(C3(C)OCCO3)cc2)n(COCC[Si](C)(C)C)c2ncc(CN)nc12.Cc1c(-c2ccc(C3(C)OCCO3)cc2)n(COCC[Si](C)(C)C)c2ncc3nncn3c12. The zero-order valence-corrected chi connectivity index (χ0v) is 48.7. The van der Waals surface area contributed by atoms with Crippen molar-refractivity contribution in [2.75, 3.05) is 59.5 Å². The normalized spacial score (nSPS) is 15.5. The van der Waals surface area contributed by atoms with Crippen LogP contribution in [0.2, 0.25) is 51.4 Å². The minimum Gasteiger partial charge on any atom is -0.361 e. The molecule has 0 amide bonds. The van der Waals surface area contributed by atoms with E-state index in [4.69, 9.17) is 58.3 Å². The van der Waals surface area contributed by atoms with Crippen molar-refractivity contribution < 1.29 is 42.6 Å². The van der Waals surface area contributed by atoms with E-state index in [1.807, 2.05) is 39.0 Å². The predicted molar refractivity (Wildman–Crippen MR) is 297 cm³/mol. The third-order valence-corrected chi connectivity index (χ3v) is 16.6. The first-order chi connectivity index (χ1) is 35.8. The number of fused-ring (bicyclic) bond motifs is 4. The molecule has 18 nitrogen and oxygen atoms in total. The maximum absolute atomic E-state index is 6.17. The standard InChI is InChI=1S/C24H31N5O3Si.C24H34N4O3Si.C7H16O3/c1-17-21(18-6-8-19(9-7-18)24(2)31-10-11-32-24)29(16-30-12-13-33(3,4)5)23-22(17)28-15-26-27-20(28)14-25-23;1-17-21-23(26-15-20(14-25)27-21)28(16-29-12-13-32(3,4)5)22(17)18-6-8-19(9-7-18)24(2)30-10-11-31-24;1-4-8-7(9-5-2)10-6-3/h6-9,14-15H,10-13,16H2,1-5H3;6-9,15H,10-14,16,25H2,1-5H3;7H,4-6H2,1-3H3. The molecule has 9 rings (SSSR count). The van der Waals surface area contributed by atoms with Crippen molar-refractivity contribution in [2.24, 2.45) is 5.73 Å². The maximum atomic E-state index is 6.17. The number of nitrogens with two attached hydrogens (primary N) is 1. The van der Waals surface area contributed by atoms with Gasteiger partial charge in [-0.1, -0.05) is 87.8 Å². The fourth-order valence-electron chi connectivity index (χ4n) is 8.99. The quantitative estimate of drug-likeness (QED) is 0.0406. The van der Waals surface area contributed by atoms with Gasteiger partial charge in [-0.2, -0.15) is 0 Å². The zero-order chi connectivity index (χ0) is 54.0. The smallest absolute Gasteiger partial charge is 0.271 e. The van der Waals surface area contributed by atoms with Gasteiger partial charge in [-0.05, 0) is 71.7 Å². The van der Waals surface area contributed by atoms with Crippen LogP contribution in [0.4, 0.5) is 0 Å². The number of aryl methyl sites for hydroxylation is 2. The molecule has 0 bridgehead atoms. The molecule has 2 saturated heterocycles. The van der Waals surface area contributed by atoms with Crippen molar-refractivity contribution in [3.63, 3.8) is 0 Å². The lowest BCUT2D eigenvalue weighted by molar-refractivity contribution is -0.282. The number of nitrogens with zero attached hydrogens (tertiary/aromatic N) is 8. The van der Waals surface area contributed by atoms with Gasteiger partial charge in [-0.15, -0.1) is 10.2 Å². The van der Waals surface area contributed by atoms with E-state index in [0.29, 0.717) is 66.3 Å². The zero-order valence-electron chi connectivity index (χ0n) is 46.7. The fourth-order valence-corrected chi connectivity index (χ4v) is 10.5. The van der Waals surface area contributed by atoms with Crippen molar-refractivity contribution in [2.45, 2.75) is 138 Å². The van der Waals surface area contributed by atoms with Gasteiger partial charge in [-0.3, -0.25) is 13.5 Å². The van der Waals surface area contributed by atoms with Crippen LogP contribution in [0.5, 0.6) is 0 Å². The highest BCUT2D eigenvalue weighted by molar-refractivity contribution is 6.76. The van der Waals surface area contributed by atoms with E-state index in [1.165, 1.54) is 0 Å². The van der Waals surface area contributed by atoms with E-state index in [9.17, 15) is 0 Å². The van der Waals surface area contributed by atoms with E-state index >= 15 is 0 Å². The Kier molecular flexibility index (Phi) is 19.7. The van der Waals surface area contributed by atoms with Crippen molar-refractivity contribution in [1.29, 1.82) is 0 Å². The van der Waals surface area contributed by atoms with Crippen molar-refractivity contribution in [1.82, 2.24) is 38.7 Å². The highest BCUT2D eigenvalue weighted by Gasteiger charge is 2.34. The number of hydrogen-bond acceptors (Lipinski definition) is 15. The molecule has 0 spiro atoms. The number of hydrogen-bond donors (Lipinski definition) is 1. The van der Waals surface area contributed by atoms with E-state index in [1.54, 1.807) is 18.7 Å². The second kappa shape index (κ2) is 25.6. The molecule has 2 aromatic carbocycles. The monoisotopic (exact) mass is 1070 g/mol. The Balaban J connectivity index is 0.000000186. The van der Waals surface area contributed by atoms with Gasteiger partial charge in [-0.25, -0.2) is 15.0 Å². The lowest BCUT2D eigenvalue weighted by Crippen LogP contribution is -2.22. The molecule has 5 aromatic heterocycles. The van der Waals surface area contributed by atoms with Crippen LogP contribution in [0.3, 0.4) is 0 Å². The third-order valence-electron chi connectivity index (χ3n) is 13.2. The largest absolute Gasteiger partial charge is 0.361 e. The second-order valence-corrected chi connectivity index (χ2v) is 32.6. The minimum atomic E-state index is -1.17. The minimum absolute atomic E-state index is 0.364. The predicted octanol–water partition coefficient (Wildman–Crippen LogP) is 10.4. The van der Waals surface area contributed by atoms with Crippen LogP contribution in [0.15, 0.2) is 67.3 Å². The Morgan fingerprint density at radius 3 is 1.55 bits per heavy atom. The van der Waals surface area contributed by atoms with Crippen LogP contribution in [-0.2, 0) is 74.2 Å². The molecule has 20 heteroatoms. The van der Waals surface area contributed by atoms with Gasteiger partial charge < -0.3 is 48.4 Å². The molecule has 0 aliphatic carbocycles. The van der Waals surface area contributed by atoms with Gasteiger partial charge in [0.05, 0.1) is 61.4 Å². The molecule has 408 valence electrons. The average molecular weight is 1070 g/mol. The summed E-state index contributed by atoms with van der Waals surface area (Å²) in [7, 11) is -2.33. The summed E-state index contributed by atoms with van der Waals surface area (Å²) in [6.07, 6.45) is 5.25. The third kappa shape index (κ3) is 14.2. The molecular formula is C55H81N9O9Si2. The van der Waals surface area contributed by atoms with Crippen molar-refractivity contribution >= 4 is 44.1 Å². The first-order valence-corrected chi connectivity index (χ1v) is 33.7. The summed E-state index contributed by atoms with van der Waals surface area (Å²) < 4.78 is 57.1. The van der Waals surface area contributed by atoms with Crippen LogP contribution in [0.1, 0.15) is 62.6 Å². The summed E-state index contributed by atoms with van der Waals surface area (Å²) in [5.74, 6) is -1.37. The molecular weight excluding hydrogens is 987 g/mol. The van der Waals surface area contributed by atoms with E-state index in [0.717, 1.165) is 104 Å². The second-order valence-electron chi connectivity index (χ2n) is 21.3. The summed E-state index contributed by atoms with van der Waals surface area (Å²) in [6.45, 7) is 34.6. The topological polar surface area (TPSA) is 188 Å². The number of benzene rings is 2. The lowest BCUT2D eigenvalue weighted by atomic mass is 10.0. The summed E-state index contributed by atoms with van der Waals surface area (Å²) in [5, 5.41) is 8.25. The van der Waals surface area contributed by atoms with Crippen LogP contribution in [0, 0.1) is 13.8 Å². The van der Waals surface area contributed by atoms with Gasteiger partial charge in [0.25, 0.3) is 6.48 Å². The van der Waals surface area contributed by atoms with Gasteiger partial charge in [0.15, 0.2) is 28.5 Å². The number of rotatable bonds is 21. The summed E-state index contributed by atoms with van der Waals surface area (Å²) in [5.41, 5.74) is 19.4. The lowest BCUT2D eigenvalue weighted by Gasteiger charge is -2.23. The van der Waals surface area contributed by atoms with Gasteiger partial charge in [0, 0.05) is 78.0 Å². The molecule has 7 heterocycles. The summed E-state index contributed by atoms with van der Waals surface area (Å²) >= 11 is 0. The molecule has 2 aliphatic heterocycles. The Bertz CT molecular complexity index is 2900. The highest BCUT2D eigenvalue weighted by atomic mass is 28.3. The van der Waals surface area contributed by atoms with Crippen LogP contribution in [-0.4, -0.2) is 121 Å². The molecule has 0 unspecified atom stereocenters. The van der Waals surface area contributed by atoms with Crippen LogP contribution in [0.25, 0.3) is 50.5 Å². The molecule has 0 atom stereocenters. The molecule has 75 heavy (non-hydrogen) atoms. The van der Waals surface area contributed by atoms with E-state index < -0.39 is 34.2 Å². The molecule has 0 radical (unpaired) electrons. The average Bonchev–Trinajstić information content (AvgIpc) is 4.24. The Morgan fingerprint density at radius 1 is 0.640 bits per heavy atom. The molecule has 7 aromatic rings. The van der Waals surface area contributed by atoms with Crippen LogP contribution < -0.4 is 5.73 Å². The van der Waals surface area contributed by atoms with E-state index in [-0.39, 0.29) is 0 Å². The number of aromatic nitrogens is 8. The first kappa shape index (κ1) is 57.9. The summed E-state index contributed by atoms with van der Waals surface area (Å²) in [4.78, 5) is 14.2. The van der Waals surface area contributed by atoms with Gasteiger partial charge >= 0.3 is 0 Å². The van der Waals surface area contributed by atoms with E-state index in [2.05, 4.69) is 126 Å². The maximum Gasteiger partial charge on any atom is 0.271 e. The Hall–Kier alpha value is -4.82. The van der Waals surface area contributed by atoms with Gasteiger partial charge in [0.2, 0.25) is 0 Å². The highest BCUT2D eigenvalue weighted by Crippen LogP contribution is 2.38. The molecule has 2 aliphatic rings. The van der Waals surface area contributed by atoms with Crippen LogP contribution >= 0.6 is 0 Å². The Labute approximate surface area is 444 Å². The molecule has 2 fully saturated rings. The Morgan fingerprint density at radius 2 is 1.09 bits per heavy atom. The molecule has 0 saturated carbocycles. The summed E-state index contributed by atoms with van der Waals surface area (Å²) in [6, 6.07) is 19.0. The van der Waals surface area contributed by atoms with Crippen molar-refractivity contribution in [3.8, 4) is 22.5 Å². The fraction of sp³-hybridized carbons (Fsp3) is 0.545. The molecule has 2 N–H and O–H groups in total. The first-order valence-electron chi connectivity index (χ1n) is 26.3.